The Morgan fingerprint density at radius 2 is 0.651 bits per heavy atom. The highest BCUT2D eigenvalue weighted by atomic mass is 32.1. The molecule has 0 fully saturated rings. The van der Waals surface area contributed by atoms with Crippen LogP contribution in [0.5, 0.6) is 34.5 Å². The molecular weight excluding hydrogens is 1040 g/mol. The number of rotatable bonds is 8. The number of hydrogen-bond acceptors (Lipinski definition) is 8. The minimum Gasteiger partial charge on any atom is -0.453 e. The molecule has 83 heavy (non-hydrogen) atoms. The van der Waals surface area contributed by atoms with Crippen molar-refractivity contribution in [3.05, 3.63) is 248 Å². The number of fused-ring (bicyclic) bond motifs is 6. The molecule has 400 valence electrons. The van der Waals surface area contributed by atoms with Crippen LogP contribution in [0.1, 0.15) is 38.2 Å². The number of para-hydroxylation sites is 3. The predicted octanol–water partition coefficient (Wildman–Crippen LogP) is 18.9. The summed E-state index contributed by atoms with van der Waals surface area (Å²) in [4.78, 5) is 21.0. The van der Waals surface area contributed by atoms with Gasteiger partial charge < -0.3 is 14.2 Å². The Morgan fingerprint density at radius 1 is 0.313 bits per heavy atom. The second-order valence-corrected chi connectivity index (χ2v) is 21.7. The molecular formula is C72H53N7O3S. The van der Waals surface area contributed by atoms with Gasteiger partial charge in [0.1, 0.15) is 34.0 Å². The fourth-order valence-electron chi connectivity index (χ4n) is 11.7. The molecule has 0 spiro atoms. The van der Waals surface area contributed by atoms with Gasteiger partial charge in [-0.15, -0.1) is 11.3 Å². The Kier molecular flexibility index (Phi) is 12.3. The highest BCUT2D eigenvalue weighted by molar-refractivity contribution is 7.18. The standard InChI is InChI=1S/C31H22N2OS.C21H16N2O.C20H15N3O/c1-2-30-32-24-9-6-10-26-31(24)33(30)25-16-15-23(19-27(25)34-26)20-11-13-22(14-12-20)29-18-17-28(35-29)21-7-4-3-5-8-21;1-2-20-22-16-9-6-10-18-21(16)23(20)17-12-11-15(13-19(17)24-18)14-7-4-3-5-8-14;1-2-19-22-15-4-3-5-17-20(15)23(19)16-7-6-14(12-18(16)24-17)13-8-10-21-11-9-13/h3-19H,2H2,1H3;3-13H,2H2,1H3;3-12H,2H2,1H3. The van der Waals surface area contributed by atoms with Crippen LogP contribution >= 0.6 is 11.3 Å². The lowest BCUT2D eigenvalue weighted by Gasteiger charge is -2.21. The van der Waals surface area contributed by atoms with Crippen molar-refractivity contribution in [2.24, 2.45) is 0 Å². The van der Waals surface area contributed by atoms with E-state index in [9.17, 15) is 0 Å². The molecule has 0 saturated carbocycles. The summed E-state index contributed by atoms with van der Waals surface area (Å²) < 4.78 is 25.5. The van der Waals surface area contributed by atoms with Crippen LogP contribution in [-0.4, -0.2) is 33.6 Å². The first kappa shape index (κ1) is 49.7. The number of pyridine rings is 1. The van der Waals surface area contributed by atoms with Crippen molar-refractivity contribution in [3.8, 4) is 106 Å². The van der Waals surface area contributed by atoms with E-state index in [1.807, 2.05) is 78.1 Å². The maximum Gasteiger partial charge on any atom is 0.153 e. The third-order valence-corrected chi connectivity index (χ3v) is 16.8. The van der Waals surface area contributed by atoms with Gasteiger partial charge in [0.2, 0.25) is 0 Å². The van der Waals surface area contributed by atoms with Gasteiger partial charge in [0.15, 0.2) is 34.5 Å². The first-order valence-electron chi connectivity index (χ1n) is 28.2. The van der Waals surface area contributed by atoms with E-state index in [0.717, 1.165) is 144 Å². The predicted molar refractivity (Wildman–Crippen MR) is 334 cm³/mol. The average Bonchev–Trinajstić information content (AvgIpc) is 3.15. The largest absolute Gasteiger partial charge is 0.453 e. The zero-order valence-corrected chi connectivity index (χ0v) is 46.6. The van der Waals surface area contributed by atoms with Gasteiger partial charge in [0, 0.05) is 41.4 Å². The molecule has 5 aromatic heterocycles. The highest BCUT2D eigenvalue weighted by Gasteiger charge is 2.27. The second kappa shape index (κ2) is 20.6. The van der Waals surface area contributed by atoms with Crippen LogP contribution in [0.25, 0.3) is 104 Å². The fourth-order valence-corrected chi connectivity index (χ4v) is 12.7. The third kappa shape index (κ3) is 8.72. The summed E-state index contributed by atoms with van der Waals surface area (Å²) in [6.45, 7) is 6.41. The maximum absolute atomic E-state index is 6.35. The summed E-state index contributed by atoms with van der Waals surface area (Å²) >= 11 is 1.83. The van der Waals surface area contributed by atoms with E-state index in [0.29, 0.717) is 0 Å². The molecule has 0 N–H and O–H groups in total. The van der Waals surface area contributed by atoms with Gasteiger partial charge in [0.25, 0.3) is 0 Å². The van der Waals surface area contributed by atoms with Crippen molar-refractivity contribution >= 4 is 44.4 Å². The van der Waals surface area contributed by atoms with E-state index in [-0.39, 0.29) is 0 Å². The van der Waals surface area contributed by atoms with Crippen LogP contribution in [0.4, 0.5) is 0 Å². The molecule has 0 saturated heterocycles. The van der Waals surface area contributed by atoms with Crippen molar-refractivity contribution in [1.82, 2.24) is 33.6 Å². The molecule has 3 aliphatic rings. The minimum atomic E-state index is 0.858. The lowest BCUT2D eigenvalue weighted by atomic mass is 10.0. The molecule has 3 aliphatic heterocycles. The van der Waals surface area contributed by atoms with Gasteiger partial charge in [-0.2, -0.15) is 0 Å². The van der Waals surface area contributed by atoms with Gasteiger partial charge in [0.05, 0.1) is 33.6 Å². The molecule has 0 radical (unpaired) electrons. The van der Waals surface area contributed by atoms with Crippen molar-refractivity contribution in [3.63, 3.8) is 0 Å². The van der Waals surface area contributed by atoms with E-state index in [1.54, 1.807) is 12.4 Å². The topological polar surface area (TPSA) is 94.0 Å². The molecule has 0 aliphatic carbocycles. The molecule has 0 bridgehead atoms. The fraction of sp³-hybridized carbons (Fsp3) is 0.0833. The molecule has 9 aromatic carbocycles. The number of nitrogens with zero attached hydrogens (tertiary/aromatic N) is 7. The van der Waals surface area contributed by atoms with Crippen LogP contribution < -0.4 is 14.2 Å². The summed E-state index contributed by atoms with van der Waals surface area (Å²) in [6.07, 6.45) is 6.23. The van der Waals surface area contributed by atoms with Crippen LogP contribution in [-0.2, 0) is 19.3 Å². The normalized spacial score (nSPS) is 12.0. The Bertz CT molecular complexity index is 4600. The smallest absolute Gasteiger partial charge is 0.153 e. The van der Waals surface area contributed by atoms with Gasteiger partial charge in [-0.05, 0) is 142 Å². The molecule has 0 atom stereocenters. The Morgan fingerprint density at radius 3 is 1.05 bits per heavy atom. The summed E-state index contributed by atoms with van der Waals surface area (Å²) in [5.41, 5.74) is 18.7. The van der Waals surface area contributed by atoms with E-state index in [2.05, 4.69) is 191 Å². The van der Waals surface area contributed by atoms with Crippen LogP contribution in [0.15, 0.2) is 231 Å². The zero-order valence-electron chi connectivity index (χ0n) is 45.8. The highest BCUT2D eigenvalue weighted by Crippen LogP contribution is 2.47. The molecule has 8 heterocycles. The molecule has 14 aromatic rings. The zero-order chi connectivity index (χ0) is 55.5. The number of hydrogen-bond donors (Lipinski definition) is 0. The number of aromatic nitrogens is 7. The molecule has 10 nitrogen and oxygen atoms in total. The lowest BCUT2D eigenvalue weighted by Crippen LogP contribution is -2.07. The number of imidazole rings is 3. The Labute approximate surface area is 483 Å². The van der Waals surface area contributed by atoms with Crippen LogP contribution in [0, 0.1) is 0 Å². The van der Waals surface area contributed by atoms with E-state index < -0.39 is 0 Å². The Hall–Kier alpha value is -10.4. The van der Waals surface area contributed by atoms with Crippen molar-refractivity contribution in [1.29, 1.82) is 0 Å². The summed E-state index contributed by atoms with van der Waals surface area (Å²) in [5, 5.41) is 0. The van der Waals surface area contributed by atoms with Crippen LogP contribution in [0.3, 0.4) is 0 Å². The van der Waals surface area contributed by atoms with Crippen molar-refractivity contribution < 1.29 is 14.2 Å². The molecule has 17 rings (SSSR count). The van der Waals surface area contributed by atoms with Gasteiger partial charge >= 0.3 is 0 Å². The lowest BCUT2D eigenvalue weighted by molar-refractivity contribution is 0.474. The van der Waals surface area contributed by atoms with Gasteiger partial charge in [-0.25, -0.2) is 15.0 Å². The average molecular weight is 1100 g/mol. The maximum atomic E-state index is 6.35. The quantitative estimate of drug-likeness (QED) is 0.150. The van der Waals surface area contributed by atoms with E-state index in [4.69, 9.17) is 29.2 Å². The number of thiophene rings is 1. The minimum absolute atomic E-state index is 0.858. The molecule has 11 heteroatoms. The van der Waals surface area contributed by atoms with Crippen molar-refractivity contribution in [2.45, 2.75) is 40.0 Å². The third-order valence-electron chi connectivity index (χ3n) is 15.6. The summed E-state index contributed by atoms with van der Waals surface area (Å²) in [6, 6.07) is 75.5. The van der Waals surface area contributed by atoms with Gasteiger partial charge in [-0.1, -0.05) is 142 Å². The molecule has 0 amide bonds. The van der Waals surface area contributed by atoms with Gasteiger partial charge in [-0.3, -0.25) is 18.7 Å². The molecule has 0 unspecified atom stereocenters. The summed E-state index contributed by atoms with van der Waals surface area (Å²) in [5.74, 6) is 8.37. The second-order valence-electron chi connectivity index (χ2n) is 20.6. The first-order valence-corrected chi connectivity index (χ1v) is 29.0. The number of ether oxygens (including phenoxy) is 3. The first-order chi connectivity index (χ1) is 41.0. The SMILES string of the molecule is CCc1nc2cccc3c2n1-c1ccc(-c2ccc(-c4ccc(-c5ccccc5)s4)cc2)cc1O3.CCc1nc2cccc3c2n1-c1ccc(-c2ccccc2)cc1O3.CCc1nc2cccc3c2n1-c1ccc(-c2ccncc2)cc1O3. The van der Waals surface area contributed by atoms with Crippen molar-refractivity contribution in [2.75, 3.05) is 0 Å². The van der Waals surface area contributed by atoms with E-state index in [1.165, 1.54) is 32.0 Å². The Balaban J connectivity index is 0.000000109. The summed E-state index contributed by atoms with van der Waals surface area (Å²) in [7, 11) is 0. The van der Waals surface area contributed by atoms with E-state index >= 15 is 0 Å². The number of benzene rings is 9. The monoisotopic (exact) mass is 1100 g/mol. The number of aryl methyl sites for hydroxylation is 3. The van der Waals surface area contributed by atoms with Crippen LogP contribution in [0.2, 0.25) is 0 Å².